The molecule has 3 aromatic rings. The number of hydrogen-bond donors (Lipinski definition) is 1. The van der Waals surface area contributed by atoms with Crippen LogP contribution >= 0.6 is 11.6 Å². The first-order valence-corrected chi connectivity index (χ1v) is 9.23. The van der Waals surface area contributed by atoms with Gasteiger partial charge in [-0.15, -0.1) is 0 Å². The van der Waals surface area contributed by atoms with Crippen LogP contribution in [0.2, 0.25) is 5.02 Å². The minimum absolute atomic E-state index is 0.253. The zero-order chi connectivity index (χ0) is 18.1. The number of fused-ring (bicyclic) bond motifs is 1. The van der Waals surface area contributed by atoms with Gasteiger partial charge in [0.1, 0.15) is 11.6 Å². The van der Waals surface area contributed by atoms with Crippen LogP contribution in [-0.2, 0) is 13.6 Å². The molecule has 1 N–H and O–H groups in total. The van der Waals surface area contributed by atoms with E-state index in [-0.39, 0.29) is 6.04 Å². The van der Waals surface area contributed by atoms with Crippen LogP contribution in [0.1, 0.15) is 17.4 Å². The van der Waals surface area contributed by atoms with E-state index >= 15 is 0 Å². The average molecular weight is 371 g/mol. The van der Waals surface area contributed by atoms with Crippen molar-refractivity contribution in [1.29, 1.82) is 0 Å². The predicted molar refractivity (Wildman–Crippen MR) is 105 cm³/mol. The highest BCUT2D eigenvalue weighted by Crippen LogP contribution is 2.31. The number of rotatable bonds is 4. The number of nitrogens with zero attached hydrogens (tertiary/aromatic N) is 3. The smallest absolute Gasteiger partial charge is 0.123 e. The largest absolute Gasteiger partial charge is 0.496 e. The van der Waals surface area contributed by atoms with Gasteiger partial charge >= 0.3 is 0 Å². The van der Waals surface area contributed by atoms with Crippen LogP contribution in [0, 0.1) is 0 Å². The molecule has 0 radical (unpaired) electrons. The maximum atomic E-state index is 6.13. The van der Waals surface area contributed by atoms with Gasteiger partial charge in [0.15, 0.2) is 0 Å². The number of nitrogens with one attached hydrogen (secondary N) is 1. The number of aromatic nitrogens is 2. The van der Waals surface area contributed by atoms with Gasteiger partial charge in [-0.3, -0.25) is 4.90 Å². The van der Waals surface area contributed by atoms with Gasteiger partial charge in [-0.2, -0.15) is 0 Å². The average Bonchev–Trinajstić information content (AvgIpc) is 2.97. The third-order valence-corrected chi connectivity index (χ3v) is 5.37. The van der Waals surface area contributed by atoms with E-state index in [1.54, 1.807) is 7.11 Å². The number of hydrogen-bond acceptors (Lipinski definition) is 4. The van der Waals surface area contributed by atoms with Crippen LogP contribution in [0.5, 0.6) is 5.75 Å². The van der Waals surface area contributed by atoms with Crippen LogP contribution in [0.15, 0.2) is 42.5 Å². The van der Waals surface area contributed by atoms with Crippen molar-refractivity contribution in [2.45, 2.75) is 12.6 Å². The molecule has 1 aliphatic rings. The second kappa shape index (κ2) is 7.27. The topological polar surface area (TPSA) is 42.3 Å². The zero-order valence-corrected chi connectivity index (χ0v) is 15.8. The Balaban J connectivity index is 1.66. The van der Waals surface area contributed by atoms with Crippen molar-refractivity contribution in [1.82, 2.24) is 19.8 Å². The van der Waals surface area contributed by atoms with Gasteiger partial charge in [-0.1, -0.05) is 29.8 Å². The van der Waals surface area contributed by atoms with Gasteiger partial charge in [0.25, 0.3) is 0 Å². The van der Waals surface area contributed by atoms with Gasteiger partial charge in [0.05, 0.1) is 30.7 Å². The summed E-state index contributed by atoms with van der Waals surface area (Å²) >= 11 is 6.13. The lowest BCUT2D eigenvalue weighted by atomic mass is 10.0. The SMILES string of the molecule is COc1ccccc1C1CNCCN1Cc1nc2cc(Cl)ccc2n1C. The van der Waals surface area contributed by atoms with E-state index in [1.165, 1.54) is 5.56 Å². The van der Waals surface area contributed by atoms with Crippen molar-refractivity contribution in [3.05, 3.63) is 58.9 Å². The van der Waals surface area contributed by atoms with Crippen LogP contribution in [0.4, 0.5) is 0 Å². The molecule has 136 valence electrons. The second-order valence-corrected chi connectivity index (χ2v) is 7.09. The summed E-state index contributed by atoms with van der Waals surface area (Å²) < 4.78 is 7.75. The number of para-hydroxylation sites is 1. The van der Waals surface area contributed by atoms with Gasteiger partial charge in [0, 0.05) is 37.3 Å². The lowest BCUT2D eigenvalue weighted by Crippen LogP contribution is -2.45. The number of methoxy groups -OCH3 is 1. The Morgan fingerprint density at radius 3 is 2.96 bits per heavy atom. The summed E-state index contributed by atoms with van der Waals surface area (Å²) in [6, 6.07) is 14.4. The van der Waals surface area contributed by atoms with Gasteiger partial charge in [-0.05, 0) is 24.3 Å². The molecule has 6 heteroatoms. The maximum Gasteiger partial charge on any atom is 0.123 e. The fourth-order valence-electron chi connectivity index (χ4n) is 3.73. The molecule has 1 fully saturated rings. The molecule has 1 atom stereocenters. The molecule has 1 aromatic heterocycles. The summed E-state index contributed by atoms with van der Waals surface area (Å²) in [4.78, 5) is 7.29. The van der Waals surface area contributed by atoms with E-state index < -0.39 is 0 Å². The van der Waals surface area contributed by atoms with Crippen molar-refractivity contribution in [3.8, 4) is 5.75 Å². The lowest BCUT2D eigenvalue weighted by Gasteiger charge is -2.36. The third-order valence-electron chi connectivity index (χ3n) is 5.13. The minimum atomic E-state index is 0.253. The number of benzene rings is 2. The van der Waals surface area contributed by atoms with Crippen LogP contribution < -0.4 is 10.1 Å². The number of aryl methyl sites for hydroxylation is 1. The highest BCUT2D eigenvalue weighted by atomic mass is 35.5. The molecule has 0 spiro atoms. The van der Waals surface area contributed by atoms with E-state index in [1.807, 2.05) is 30.3 Å². The first-order chi connectivity index (χ1) is 12.7. The number of ether oxygens (including phenoxy) is 1. The number of piperazine rings is 1. The first-order valence-electron chi connectivity index (χ1n) is 8.86. The molecule has 2 aromatic carbocycles. The Hall–Kier alpha value is -2.08. The quantitative estimate of drug-likeness (QED) is 0.764. The number of imidazole rings is 1. The molecule has 1 unspecified atom stereocenters. The van der Waals surface area contributed by atoms with Gasteiger partial charge < -0.3 is 14.6 Å². The Morgan fingerprint density at radius 2 is 2.12 bits per heavy atom. The fraction of sp³-hybridized carbons (Fsp3) is 0.350. The van der Waals surface area contributed by atoms with E-state index in [0.717, 1.165) is 53.8 Å². The fourth-order valence-corrected chi connectivity index (χ4v) is 3.90. The summed E-state index contributed by atoms with van der Waals surface area (Å²) in [5, 5.41) is 4.23. The second-order valence-electron chi connectivity index (χ2n) is 6.65. The molecule has 0 bridgehead atoms. The van der Waals surface area contributed by atoms with Crippen molar-refractivity contribution < 1.29 is 4.74 Å². The van der Waals surface area contributed by atoms with Crippen molar-refractivity contribution in [2.24, 2.45) is 7.05 Å². The third kappa shape index (κ3) is 3.18. The van der Waals surface area contributed by atoms with Crippen molar-refractivity contribution in [2.75, 3.05) is 26.7 Å². The Kier molecular flexibility index (Phi) is 4.85. The van der Waals surface area contributed by atoms with E-state index in [2.05, 4.69) is 34.0 Å². The molecular formula is C20H23ClN4O. The monoisotopic (exact) mass is 370 g/mol. The maximum absolute atomic E-state index is 6.13. The molecule has 1 aliphatic heterocycles. The molecule has 2 heterocycles. The first kappa shape index (κ1) is 17.3. The van der Waals surface area contributed by atoms with Gasteiger partial charge in [-0.25, -0.2) is 4.98 Å². The standard InChI is InChI=1S/C20H23ClN4O/c1-24-17-8-7-14(21)11-16(17)23-20(24)13-25-10-9-22-12-18(25)15-5-3-4-6-19(15)26-2/h3-8,11,18,22H,9-10,12-13H2,1-2H3. The lowest BCUT2D eigenvalue weighted by molar-refractivity contribution is 0.146. The van der Waals surface area contributed by atoms with E-state index in [9.17, 15) is 0 Å². The molecule has 1 saturated heterocycles. The molecule has 5 nitrogen and oxygen atoms in total. The normalized spacial score (nSPS) is 18.3. The van der Waals surface area contributed by atoms with Crippen molar-refractivity contribution >= 4 is 22.6 Å². The number of halogens is 1. The summed E-state index contributed by atoms with van der Waals surface area (Å²) in [5.74, 6) is 1.98. The zero-order valence-electron chi connectivity index (χ0n) is 15.1. The molecule has 0 aliphatic carbocycles. The predicted octanol–water partition coefficient (Wildman–Crippen LogP) is 3.38. The highest BCUT2D eigenvalue weighted by Gasteiger charge is 2.27. The minimum Gasteiger partial charge on any atom is -0.496 e. The van der Waals surface area contributed by atoms with E-state index in [0.29, 0.717) is 0 Å². The highest BCUT2D eigenvalue weighted by molar-refractivity contribution is 6.31. The van der Waals surface area contributed by atoms with Crippen LogP contribution in [0.3, 0.4) is 0 Å². The van der Waals surface area contributed by atoms with Crippen LogP contribution in [-0.4, -0.2) is 41.2 Å². The molecule has 0 saturated carbocycles. The Morgan fingerprint density at radius 1 is 1.27 bits per heavy atom. The molecule has 4 rings (SSSR count). The van der Waals surface area contributed by atoms with Crippen molar-refractivity contribution in [3.63, 3.8) is 0 Å². The van der Waals surface area contributed by atoms with Gasteiger partial charge in [0.2, 0.25) is 0 Å². The summed E-state index contributed by atoms with van der Waals surface area (Å²) in [5.41, 5.74) is 3.26. The molecular weight excluding hydrogens is 348 g/mol. The summed E-state index contributed by atoms with van der Waals surface area (Å²) in [7, 11) is 3.80. The Bertz CT molecular complexity index is 923. The summed E-state index contributed by atoms with van der Waals surface area (Å²) in [6.45, 7) is 3.62. The van der Waals surface area contributed by atoms with Crippen LogP contribution in [0.25, 0.3) is 11.0 Å². The Labute approximate surface area is 158 Å². The molecule has 0 amide bonds. The molecule has 26 heavy (non-hydrogen) atoms. The van der Waals surface area contributed by atoms with E-state index in [4.69, 9.17) is 21.3 Å². The summed E-state index contributed by atoms with van der Waals surface area (Å²) in [6.07, 6.45) is 0.